The van der Waals surface area contributed by atoms with E-state index < -0.39 is 0 Å². The molecule has 1 fully saturated rings. The highest BCUT2D eigenvalue weighted by atomic mass is 16.5. The van der Waals surface area contributed by atoms with Gasteiger partial charge in [-0.2, -0.15) is 0 Å². The highest BCUT2D eigenvalue weighted by Gasteiger charge is 2.22. The Labute approximate surface area is 159 Å². The van der Waals surface area contributed by atoms with E-state index >= 15 is 0 Å². The van der Waals surface area contributed by atoms with Crippen molar-refractivity contribution in [2.24, 2.45) is 0 Å². The van der Waals surface area contributed by atoms with Crippen molar-refractivity contribution in [1.29, 1.82) is 0 Å². The summed E-state index contributed by atoms with van der Waals surface area (Å²) in [5, 5.41) is 2.99. The van der Waals surface area contributed by atoms with Crippen LogP contribution in [0.1, 0.15) is 22.8 Å². The Bertz CT molecular complexity index is 797. The van der Waals surface area contributed by atoms with E-state index in [0.717, 1.165) is 30.0 Å². The van der Waals surface area contributed by atoms with E-state index in [-0.39, 0.29) is 11.8 Å². The third-order valence-corrected chi connectivity index (χ3v) is 4.76. The fraction of sp³-hybridized carbons (Fsp3) is 0.333. The number of methoxy groups -OCH3 is 1. The summed E-state index contributed by atoms with van der Waals surface area (Å²) >= 11 is 0. The predicted octanol–water partition coefficient (Wildman–Crippen LogP) is 3.39. The summed E-state index contributed by atoms with van der Waals surface area (Å²) in [6, 6.07) is 15.2. The highest BCUT2D eigenvalue weighted by molar-refractivity contribution is 5.94. The third-order valence-electron chi connectivity index (χ3n) is 4.76. The number of nitrogens with one attached hydrogen (secondary N) is 1. The molecule has 1 aliphatic rings. The van der Waals surface area contributed by atoms with Gasteiger partial charge in [-0.1, -0.05) is 18.2 Å². The van der Waals surface area contributed by atoms with E-state index in [1.807, 2.05) is 53.4 Å². The minimum Gasteiger partial charge on any atom is -0.380 e. The van der Waals surface area contributed by atoms with Gasteiger partial charge in [0.2, 0.25) is 0 Å². The number of amides is 2. The molecule has 0 saturated carbocycles. The summed E-state index contributed by atoms with van der Waals surface area (Å²) in [5.41, 5.74) is 3.53. The zero-order valence-corrected chi connectivity index (χ0v) is 15.8. The number of nitrogens with zero attached hydrogens (tertiary/aromatic N) is 2. The molecule has 0 aromatic heterocycles. The van der Waals surface area contributed by atoms with Gasteiger partial charge in [-0.15, -0.1) is 0 Å². The fourth-order valence-electron chi connectivity index (χ4n) is 3.19. The van der Waals surface area contributed by atoms with Crippen LogP contribution in [0.25, 0.3) is 0 Å². The zero-order chi connectivity index (χ0) is 19.2. The molecule has 0 bridgehead atoms. The standard InChI is InChI=1S/C21H25N3O3/c1-16(25)17-7-9-19(10-8-17)23-11-13-24(14-12-23)21(26)22-20-6-4-3-5-18(20)15-27-2/h3-10H,11-15H2,1-2H3,(H,22,26). The molecule has 6 nitrogen and oxygen atoms in total. The number of urea groups is 1. The molecule has 1 saturated heterocycles. The lowest BCUT2D eigenvalue weighted by molar-refractivity contribution is 0.101. The van der Waals surface area contributed by atoms with Gasteiger partial charge in [0.05, 0.1) is 6.61 Å². The van der Waals surface area contributed by atoms with Crippen molar-refractivity contribution in [3.05, 3.63) is 59.7 Å². The Kier molecular flexibility index (Phi) is 6.08. The van der Waals surface area contributed by atoms with E-state index in [9.17, 15) is 9.59 Å². The molecule has 1 aliphatic heterocycles. The molecule has 1 N–H and O–H groups in total. The Morgan fingerprint density at radius 2 is 1.67 bits per heavy atom. The number of ketones is 1. The monoisotopic (exact) mass is 367 g/mol. The first-order valence-corrected chi connectivity index (χ1v) is 9.07. The zero-order valence-electron chi connectivity index (χ0n) is 15.8. The third kappa shape index (κ3) is 4.65. The Morgan fingerprint density at radius 3 is 2.30 bits per heavy atom. The van der Waals surface area contributed by atoms with E-state index in [4.69, 9.17) is 4.74 Å². The van der Waals surface area contributed by atoms with Gasteiger partial charge in [-0.3, -0.25) is 4.79 Å². The van der Waals surface area contributed by atoms with Crippen molar-refractivity contribution in [3.8, 4) is 0 Å². The van der Waals surface area contributed by atoms with Crippen molar-refractivity contribution < 1.29 is 14.3 Å². The average Bonchev–Trinajstić information content (AvgIpc) is 2.70. The van der Waals surface area contributed by atoms with E-state index in [0.29, 0.717) is 25.3 Å². The molecule has 2 aromatic rings. The second-order valence-electron chi connectivity index (χ2n) is 6.60. The molecule has 0 spiro atoms. The van der Waals surface area contributed by atoms with Crippen LogP contribution in [0.5, 0.6) is 0 Å². The normalized spacial score (nSPS) is 14.1. The average molecular weight is 367 g/mol. The summed E-state index contributed by atoms with van der Waals surface area (Å²) < 4.78 is 5.19. The van der Waals surface area contributed by atoms with Crippen LogP contribution in [0.2, 0.25) is 0 Å². The van der Waals surface area contributed by atoms with Crippen LogP contribution in [0, 0.1) is 0 Å². The molecule has 3 rings (SSSR count). The number of hydrogen-bond acceptors (Lipinski definition) is 4. The van der Waals surface area contributed by atoms with Crippen LogP contribution in [-0.4, -0.2) is 50.0 Å². The van der Waals surface area contributed by atoms with Crippen LogP contribution in [0.3, 0.4) is 0 Å². The number of piperazine rings is 1. The van der Waals surface area contributed by atoms with E-state index in [1.54, 1.807) is 14.0 Å². The lowest BCUT2D eigenvalue weighted by atomic mass is 10.1. The molecule has 27 heavy (non-hydrogen) atoms. The van der Waals surface area contributed by atoms with Crippen molar-refractivity contribution >= 4 is 23.2 Å². The number of carbonyl (C=O) groups excluding carboxylic acids is 2. The van der Waals surface area contributed by atoms with Crippen LogP contribution in [-0.2, 0) is 11.3 Å². The summed E-state index contributed by atoms with van der Waals surface area (Å²) in [5.74, 6) is 0.0665. The Hall–Kier alpha value is -2.86. The first-order valence-electron chi connectivity index (χ1n) is 9.07. The van der Waals surface area contributed by atoms with Crippen molar-refractivity contribution in [3.63, 3.8) is 0 Å². The second kappa shape index (κ2) is 8.68. The van der Waals surface area contributed by atoms with Gasteiger partial charge in [0.1, 0.15) is 0 Å². The van der Waals surface area contributed by atoms with Crippen LogP contribution < -0.4 is 10.2 Å². The molecule has 0 unspecified atom stereocenters. The topological polar surface area (TPSA) is 61.9 Å². The fourth-order valence-corrected chi connectivity index (χ4v) is 3.19. The SMILES string of the molecule is COCc1ccccc1NC(=O)N1CCN(c2ccc(C(C)=O)cc2)CC1. The summed E-state index contributed by atoms with van der Waals surface area (Å²) in [4.78, 5) is 28.1. The minimum absolute atomic E-state index is 0.0665. The first-order chi connectivity index (χ1) is 13.1. The molecule has 0 aliphatic carbocycles. The van der Waals surface area contributed by atoms with Crippen LogP contribution in [0.15, 0.2) is 48.5 Å². The Morgan fingerprint density at radius 1 is 1.00 bits per heavy atom. The van der Waals surface area contributed by atoms with Gasteiger partial charge in [0.15, 0.2) is 5.78 Å². The molecule has 2 amide bonds. The molecule has 142 valence electrons. The lowest BCUT2D eigenvalue weighted by Gasteiger charge is -2.36. The maximum atomic E-state index is 12.6. The Balaban J connectivity index is 1.57. The molecule has 0 radical (unpaired) electrons. The summed E-state index contributed by atoms with van der Waals surface area (Å²) in [6.45, 7) is 4.83. The van der Waals surface area contributed by atoms with Gasteiger partial charge in [-0.05, 0) is 37.3 Å². The van der Waals surface area contributed by atoms with Crippen LogP contribution >= 0.6 is 0 Å². The number of benzene rings is 2. The number of anilines is 2. The maximum absolute atomic E-state index is 12.6. The second-order valence-corrected chi connectivity index (χ2v) is 6.60. The van der Waals surface area contributed by atoms with Crippen molar-refractivity contribution in [2.75, 3.05) is 43.5 Å². The number of para-hydroxylation sites is 1. The predicted molar refractivity (Wildman–Crippen MR) is 106 cm³/mol. The largest absolute Gasteiger partial charge is 0.380 e. The van der Waals surface area contributed by atoms with Gasteiger partial charge in [0, 0.05) is 55.8 Å². The molecule has 6 heteroatoms. The van der Waals surface area contributed by atoms with Crippen molar-refractivity contribution in [1.82, 2.24) is 4.90 Å². The number of hydrogen-bond donors (Lipinski definition) is 1. The smallest absolute Gasteiger partial charge is 0.321 e. The maximum Gasteiger partial charge on any atom is 0.321 e. The van der Waals surface area contributed by atoms with E-state index in [2.05, 4.69) is 10.2 Å². The molecule has 2 aromatic carbocycles. The number of carbonyl (C=O) groups is 2. The van der Waals surface area contributed by atoms with Gasteiger partial charge in [-0.25, -0.2) is 4.79 Å². The number of Topliss-reactive ketones (excluding diaryl/α,β-unsaturated/α-hetero) is 1. The van der Waals surface area contributed by atoms with Crippen molar-refractivity contribution in [2.45, 2.75) is 13.5 Å². The quantitative estimate of drug-likeness (QED) is 0.823. The lowest BCUT2D eigenvalue weighted by Crippen LogP contribution is -2.50. The summed E-state index contributed by atoms with van der Waals surface area (Å²) in [7, 11) is 1.64. The molecular formula is C21H25N3O3. The molecular weight excluding hydrogens is 342 g/mol. The van der Waals surface area contributed by atoms with Gasteiger partial charge >= 0.3 is 6.03 Å². The first kappa shape index (κ1) is 18.9. The highest BCUT2D eigenvalue weighted by Crippen LogP contribution is 2.20. The molecule has 0 atom stereocenters. The number of ether oxygens (including phenoxy) is 1. The summed E-state index contributed by atoms with van der Waals surface area (Å²) in [6.07, 6.45) is 0. The van der Waals surface area contributed by atoms with Gasteiger partial charge in [0.25, 0.3) is 0 Å². The van der Waals surface area contributed by atoms with Gasteiger partial charge < -0.3 is 19.9 Å². The van der Waals surface area contributed by atoms with E-state index in [1.165, 1.54) is 0 Å². The molecule has 1 heterocycles. The minimum atomic E-state index is -0.0925. The van der Waals surface area contributed by atoms with Crippen LogP contribution in [0.4, 0.5) is 16.2 Å². The number of rotatable bonds is 5.